The van der Waals surface area contributed by atoms with Crippen LogP contribution in [-0.4, -0.2) is 24.7 Å². The van der Waals surface area contributed by atoms with Crippen LogP contribution in [0.4, 0.5) is 5.82 Å². The van der Waals surface area contributed by atoms with Crippen molar-refractivity contribution in [2.75, 3.05) is 5.73 Å². The quantitative estimate of drug-likeness (QED) is 0.221. The summed E-state index contributed by atoms with van der Waals surface area (Å²) in [5.41, 5.74) is 10.7. The van der Waals surface area contributed by atoms with Crippen molar-refractivity contribution < 1.29 is 28.0 Å². The summed E-state index contributed by atoms with van der Waals surface area (Å²) in [5, 5.41) is 9.75. The summed E-state index contributed by atoms with van der Waals surface area (Å²) in [4.78, 5) is 17.8. The van der Waals surface area contributed by atoms with Gasteiger partial charge in [-0.15, -0.1) is 0 Å². The Hall–Kier alpha value is -3.82. The van der Waals surface area contributed by atoms with Gasteiger partial charge in [0.15, 0.2) is 5.76 Å². The van der Waals surface area contributed by atoms with E-state index < -0.39 is 14.6 Å². The SMILES string of the molecule is Nc1c(-c2cc(Cc3ccc(Cn4ncc5ccccc54)cc3)no2)ccc[n+]1COP(=O)(O)O. The van der Waals surface area contributed by atoms with Crippen LogP contribution in [0.1, 0.15) is 16.8 Å². The molecule has 0 spiro atoms. The fraction of sp³-hybridized carbons (Fsp3) is 0.125. The fourth-order valence-electron chi connectivity index (χ4n) is 3.84. The van der Waals surface area contributed by atoms with Gasteiger partial charge in [-0.3, -0.25) is 10.4 Å². The van der Waals surface area contributed by atoms with Crippen LogP contribution in [0.3, 0.4) is 0 Å². The highest BCUT2D eigenvalue weighted by atomic mass is 31.2. The van der Waals surface area contributed by atoms with Crippen molar-refractivity contribution >= 4 is 24.5 Å². The third-order valence-electron chi connectivity index (χ3n) is 5.60. The van der Waals surface area contributed by atoms with Crippen molar-refractivity contribution in [2.24, 2.45) is 0 Å². The molecule has 0 aliphatic rings. The second kappa shape index (κ2) is 9.44. The lowest BCUT2D eigenvalue weighted by molar-refractivity contribution is -0.711. The van der Waals surface area contributed by atoms with Crippen LogP contribution in [0.2, 0.25) is 0 Å². The minimum atomic E-state index is -4.62. The minimum absolute atomic E-state index is 0.235. The van der Waals surface area contributed by atoms with Crippen molar-refractivity contribution in [3.8, 4) is 11.3 Å². The van der Waals surface area contributed by atoms with Crippen molar-refractivity contribution in [1.29, 1.82) is 0 Å². The highest BCUT2D eigenvalue weighted by Crippen LogP contribution is 2.35. The Kier molecular flexibility index (Phi) is 6.19. The van der Waals surface area contributed by atoms with Gasteiger partial charge in [0, 0.05) is 17.9 Å². The second-order valence-electron chi connectivity index (χ2n) is 8.06. The molecule has 5 aromatic rings. The third kappa shape index (κ3) is 5.31. The largest absolute Gasteiger partial charge is 0.472 e. The summed E-state index contributed by atoms with van der Waals surface area (Å²) < 4.78 is 24.4. The van der Waals surface area contributed by atoms with Crippen molar-refractivity contribution in [3.63, 3.8) is 0 Å². The molecule has 0 aliphatic heterocycles. The molecule has 0 aliphatic carbocycles. The van der Waals surface area contributed by atoms with E-state index in [9.17, 15) is 4.57 Å². The van der Waals surface area contributed by atoms with Crippen LogP contribution in [0.25, 0.3) is 22.2 Å². The zero-order chi connectivity index (χ0) is 24.4. The first-order chi connectivity index (χ1) is 16.9. The molecule has 0 fully saturated rings. The molecule has 178 valence electrons. The van der Waals surface area contributed by atoms with E-state index in [1.165, 1.54) is 4.57 Å². The van der Waals surface area contributed by atoms with Gasteiger partial charge in [0.25, 0.3) is 5.82 Å². The molecular weight excluding hydrogens is 469 g/mol. The van der Waals surface area contributed by atoms with Crippen molar-refractivity contribution in [2.45, 2.75) is 19.7 Å². The van der Waals surface area contributed by atoms with E-state index >= 15 is 0 Å². The monoisotopic (exact) mass is 492 g/mol. The second-order valence-corrected chi connectivity index (χ2v) is 9.30. The average molecular weight is 492 g/mol. The summed E-state index contributed by atoms with van der Waals surface area (Å²) >= 11 is 0. The summed E-state index contributed by atoms with van der Waals surface area (Å²) in [6.45, 7) is 0.284. The van der Waals surface area contributed by atoms with Gasteiger partial charge in [-0.25, -0.2) is 13.7 Å². The number of aromatic nitrogens is 4. The molecule has 0 atom stereocenters. The van der Waals surface area contributed by atoms with Crippen LogP contribution >= 0.6 is 7.82 Å². The molecule has 11 heteroatoms. The van der Waals surface area contributed by atoms with Gasteiger partial charge in [0.1, 0.15) is 5.56 Å². The first kappa shape index (κ1) is 22.9. The van der Waals surface area contributed by atoms with Crippen LogP contribution in [0, 0.1) is 0 Å². The van der Waals surface area contributed by atoms with E-state index in [1.54, 1.807) is 24.4 Å². The Morgan fingerprint density at radius 2 is 1.83 bits per heavy atom. The maximum atomic E-state index is 11.0. The van der Waals surface area contributed by atoms with Crippen molar-refractivity contribution in [1.82, 2.24) is 14.9 Å². The molecule has 0 unspecified atom stereocenters. The van der Waals surface area contributed by atoms with Crippen LogP contribution < -0.4 is 10.3 Å². The number of phosphoric ester groups is 1. The molecule has 0 saturated heterocycles. The van der Waals surface area contributed by atoms with Gasteiger partial charge >= 0.3 is 7.82 Å². The summed E-state index contributed by atoms with van der Waals surface area (Å²) in [6, 6.07) is 21.6. The number of nitrogens with zero attached hydrogens (tertiary/aromatic N) is 4. The Morgan fingerprint density at radius 1 is 1.06 bits per heavy atom. The van der Waals surface area contributed by atoms with Crippen molar-refractivity contribution in [3.05, 3.63) is 95.9 Å². The molecule has 0 bridgehead atoms. The van der Waals surface area contributed by atoms with Gasteiger partial charge in [-0.05, 0) is 29.3 Å². The molecule has 4 N–H and O–H groups in total. The number of hydrogen-bond donors (Lipinski definition) is 3. The van der Waals surface area contributed by atoms with Crippen LogP contribution in [0.5, 0.6) is 0 Å². The number of nitrogens with two attached hydrogens (primary N) is 1. The third-order valence-corrected chi connectivity index (χ3v) is 6.05. The van der Waals surface area contributed by atoms with Gasteiger partial charge in [0.05, 0.1) is 30.1 Å². The molecule has 3 aromatic heterocycles. The first-order valence-electron chi connectivity index (χ1n) is 10.8. The van der Waals surface area contributed by atoms with Gasteiger partial charge in [0.2, 0.25) is 6.73 Å². The fourth-order valence-corrected chi connectivity index (χ4v) is 4.12. The van der Waals surface area contributed by atoms with Gasteiger partial charge < -0.3 is 14.3 Å². The molecule has 3 heterocycles. The molecule has 0 saturated carbocycles. The molecule has 35 heavy (non-hydrogen) atoms. The van der Waals surface area contributed by atoms with E-state index in [4.69, 9.17) is 20.0 Å². The lowest BCUT2D eigenvalue weighted by Crippen LogP contribution is -2.38. The molecule has 2 aromatic carbocycles. The van der Waals surface area contributed by atoms with E-state index in [-0.39, 0.29) is 5.82 Å². The van der Waals surface area contributed by atoms with E-state index in [0.717, 1.165) is 27.7 Å². The number of para-hydroxylation sites is 1. The number of fused-ring (bicyclic) bond motifs is 1. The molecule has 0 radical (unpaired) electrons. The van der Waals surface area contributed by atoms with Crippen LogP contribution in [-0.2, 0) is 28.8 Å². The highest BCUT2D eigenvalue weighted by Gasteiger charge is 2.20. The number of anilines is 1. The smallest absolute Gasteiger partial charge is 0.356 e. The lowest BCUT2D eigenvalue weighted by Gasteiger charge is -2.07. The normalized spacial score (nSPS) is 11.8. The molecule has 10 nitrogen and oxygen atoms in total. The van der Waals surface area contributed by atoms with Gasteiger partial charge in [-0.1, -0.05) is 47.6 Å². The minimum Gasteiger partial charge on any atom is -0.356 e. The Bertz CT molecular complexity index is 1520. The standard InChI is InChI=1S/C24H22N5O5P/c25-24-21(5-3-11-28(24)16-33-35(30,31)32)23-13-20(27-34-23)12-17-7-9-18(10-8-17)15-29-22-6-2-1-4-19(22)14-26-29/h1-11,13-14,25H,12,15-16H2,(H2,30,31,32)/p+1. The number of benzene rings is 2. The van der Waals surface area contributed by atoms with E-state index in [0.29, 0.717) is 24.3 Å². The molecule has 5 rings (SSSR count). The van der Waals surface area contributed by atoms with E-state index in [2.05, 4.69) is 45.1 Å². The Morgan fingerprint density at radius 3 is 2.63 bits per heavy atom. The maximum Gasteiger partial charge on any atom is 0.472 e. The zero-order valence-electron chi connectivity index (χ0n) is 18.6. The first-order valence-corrected chi connectivity index (χ1v) is 12.3. The number of pyridine rings is 1. The predicted octanol–water partition coefficient (Wildman–Crippen LogP) is 3.27. The number of phosphoric acid groups is 1. The summed E-state index contributed by atoms with van der Waals surface area (Å²) in [7, 11) is -4.62. The van der Waals surface area contributed by atoms with Gasteiger partial charge in [-0.2, -0.15) is 5.10 Å². The topological polar surface area (TPSA) is 141 Å². The zero-order valence-corrected chi connectivity index (χ0v) is 19.5. The maximum absolute atomic E-state index is 11.0. The average Bonchev–Trinajstić information content (AvgIpc) is 3.46. The Balaban J connectivity index is 1.27. The Labute approximate surface area is 200 Å². The highest BCUT2D eigenvalue weighted by molar-refractivity contribution is 7.46. The number of hydrogen-bond acceptors (Lipinski definition) is 6. The molecule has 0 amide bonds. The number of nitrogen functional groups attached to an aromatic ring is 1. The summed E-state index contributed by atoms with van der Waals surface area (Å²) in [6.07, 6.45) is 4.00. The predicted molar refractivity (Wildman–Crippen MR) is 128 cm³/mol. The molecular formula is C24H23N5O5P+. The van der Waals surface area contributed by atoms with Crippen LogP contribution in [0.15, 0.2) is 83.6 Å². The lowest BCUT2D eigenvalue weighted by atomic mass is 10.1. The summed E-state index contributed by atoms with van der Waals surface area (Å²) in [5.74, 6) is 0.685. The number of rotatable bonds is 8. The van der Waals surface area contributed by atoms with E-state index in [1.807, 2.05) is 29.1 Å².